The molecule has 3 N–H and O–H groups in total. The number of anilines is 2. The molecule has 1 saturated heterocycles. The van der Waals surface area contributed by atoms with Crippen molar-refractivity contribution in [3.63, 3.8) is 0 Å². The molecule has 0 amide bonds. The van der Waals surface area contributed by atoms with E-state index in [-0.39, 0.29) is 5.82 Å². The molecule has 35 heavy (non-hydrogen) atoms. The molecular weight excluding hydrogens is 439 g/mol. The van der Waals surface area contributed by atoms with Crippen LogP contribution in [0.25, 0.3) is 28.1 Å². The number of piperazine rings is 1. The summed E-state index contributed by atoms with van der Waals surface area (Å²) < 4.78 is 14.9. The van der Waals surface area contributed by atoms with Crippen LogP contribution in [-0.4, -0.2) is 54.1 Å². The summed E-state index contributed by atoms with van der Waals surface area (Å²) in [7, 11) is 0. The van der Waals surface area contributed by atoms with Crippen molar-refractivity contribution < 1.29 is 4.39 Å². The summed E-state index contributed by atoms with van der Waals surface area (Å²) in [5.41, 5.74) is 12.9. The highest BCUT2D eigenvalue weighted by Crippen LogP contribution is 2.34. The molecule has 1 saturated carbocycles. The molecule has 0 atom stereocenters. The molecule has 1 aromatic carbocycles. The normalized spacial score (nSPS) is 18.3. The standard InChI is InChI=1S/C28H31FN6/c1-18-25-16-32-26(14-21(25)8-9-31-18)24-15-23(27(29)33-28(24)30)20-4-6-22(7-5-20)35-12-10-34(11-13-35)17-19-2-3-19/h4-7,14-16,19,31H,1-3,8-13,17H2,(H2,30,33). The maximum absolute atomic E-state index is 14.9. The van der Waals surface area contributed by atoms with Crippen LogP contribution in [0.5, 0.6) is 0 Å². The van der Waals surface area contributed by atoms with E-state index in [2.05, 4.69) is 43.8 Å². The van der Waals surface area contributed by atoms with Gasteiger partial charge < -0.3 is 16.0 Å². The minimum absolute atomic E-state index is 0.146. The Balaban J connectivity index is 1.23. The first kappa shape index (κ1) is 22.0. The molecule has 0 radical (unpaired) electrons. The van der Waals surface area contributed by atoms with Crippen LogP contribution >= 0.6 is 0 Å². The fourth-order valence-electron chi connectivity index (χ4n) is 5.18. The minimum atomic E-state index is -0.566. The van der Waals surface area contributed by atoms with Gasteiger partial charge in [-0.05, 0) is 60.6 Å². The molecule has 7 heteroatoms. The fraction of sp³-hybridized carbons (Fsp3) is 0.357. The second-order valence-corrected chi connectivity index (χ2v) is 9.92. The Kier molecular flexibility index (Phi) is 5.65. The van der Waals surface area contributed by atoms with E-state index in [1.54, 1.807) is 12.3 Å². The lowest BCUT2D eigenvalue weighted by Gasteiger charge is -2.36. The Labute approximate surface area is 205 Å². The largest absolute Gasteiger partial charge is 0.385 e. The third-order valence-electron chi connectivity index (χ3n) is 7.46. The Hall–Kier alpha value is -3.45. The SMILES string of the molecule is C=C1NCCc2cc(-c3cc(-c4ccc(N5CCN(CC6CC6)CC5)cc4)c(F)nc3N)ncc21. The van der Waals surface area contributed by atoms with Gasteiger partial charge in [-0.2, -0.15) is 4.39 Å². The third kappa shape index (κ3) is 4.48. The smallest absolute Gasteiger partial charge is 0.222 e. The second kappa shape index (κ2) is 8.96. The Morgan fingerprint density at radius 1 is 1.03 bits per heavy atom. The van der Waals surface area contributed by atoms with Gasteiger partial charge in [0.1, 0.15) is 5.82 Å². The molecule has 0 spiro atoms. The topological polar surface area (TPSA) is 70.3 Å². The van der Waals surface area contributed by atoms with Gasteiger partial charge in [-0.1, -0.05) is 18.7 Å². The average molecular weight is 471 g/mol. The summed E-state index contributed by atoms with van der Waals surface area (Å²) >= 11 is 0. The lowest BCUT2D eigenvalue weighted by molar-refractivity contribution is 0.248. The van der Waals surface area contributed by atoms with E-state index in [1.807, 2.05) is 18.2 Å². The van der Waals surface area contributed by atoms with Gasteiger partial charge in [-0.25, -0.2) is 4.98 Å². The van der Waals surface area contributed by atoms with Gasteiger partial charge in [0.2, 0.25) is 5.95 Å². The third-order valence-corrected chi connectivity index (χ3v) is 7.46. The number of nitrogens with one attached hydrogen (secondary N) is 1. The molecule has 2 fully saturated rings. The van der Waals surface area contributed by atoms with Crippen LogP contribution < -0.4 is 16.0 Å². The first-order valence-electron chi connectivity index (χ1n) is 12.5. The van der Waals surface area contributed by atoms with Crippen molar-refractivity contribution in [2.45, 2.75) is 19.3 Å². The van der Waals surface area contributed by atoms with Crippen molar-refractivity contribution in [1.82, 2.24) is 20.2 Å². The van der Waals surface area contributed by atoms with Crippen molar-refractivity contribution in [1.29, 1.82) is 0 Å². The monoisotopic (exact) mass is 470 g/mol. The van der Waals surface area contributed by atoms with Gasteiger partial charge in [0.25, 0.3) is 0 Å². The molecule has 0 unspecified atom stereocenters. The van der Waals surface area contributed by atoms with Gasteiger partial charge >= 0.3 is 0 Å². The number of hydrogen-bond donors (Lipinski definition) is 2. The molecule has 0 bridgehead atoms. The van der Waals surface area contributed by atoms with Crippen LogP contribution in [0, 0.1) is 11.9 Å². The van der Waals surface area contributed by atoms with Gasteiger partial charge in [0.15, 0.2) is 0 Å². The lowest BCUT2D eigenvalue weighted by Crippen LogP contribution is -2.47. The maximum Gasteiger partial charge on any atom is 0.222 e. The molecule has 4 heterocycles. The van der Waals surface area contributed by atoms with Crippen LogP contribution in [0.1, 0.15) is 24.0 Å². The molecule has 180 valence electrons. The van der Waals surface area contributed by atoms with E-state index in [9.17, 15) is 4.39 Å². The van der Waals surface area contributed by atoms with Gasteiger partial charge in [-0.15, -0.1) is 0 Å². The molecule has 3 aliphatic rings. The van der Waals surface area contributed by atoms with Crippen molar-refractivity contribution >= 4 is 17.2 Å². The van der Waals surface area contributed by atoms with E-state index < -0.39 is 5.95 Å². The van der Waals surface area contributed by atoms with Gasteiger partial charge in [-0.3, -0.25) is 9.88 Å². The summed E-state index contributed by atoms with van der Waals surface area (Å²) in [6, 6.07) is 11.9. The van der Waals surface area contributed by atoms with Crippen LogP contribution in [0.2, 0.25) is 0 Å². The molecule has 6 rings (SSSR count). The molecular formula is C28H31FN6. The minimum Gasteiger partial charge on any atom is -0.385 e. The van der Waals surface area contributed by atoms with Crippen molar-refractivity contribution in [2.75, 3.05) is 49.9 Å². The van der Waals surface area contributed by atoms with E-state index >= 15 is 0 Å². The second-order valence-electron chi connectivity index (χ2n) is 9.92. The predicted octanol–water partition coefficient (Wildman–Crippen LogP) is 4.18. The molecule has 6 nitrogen and oxygen atoms in total. The van der Waals surface area contributed by atoms with Gasteiger partial charge in [0, 0.05) is 73.5 Å². The number of nitrogens with zero attached hydrogens (tertiary/aromatic N) is 4. The van der Waals surface area contributed by atoms with E-state index in [1.165, 1.54) is 25.1 Å². The number of benzene rings is 1. The summed E-state index contributed by atoms with van der Waals surface area (Å²) in [6.45, 7) is 10.4. The van der Waals surface area contributed by atoms with Crippen LogP contribution in [0.3, 0.4) is 0 Å². The van der Waals surface area contributed by atoms with Crippen molar-refractivity contribution in [3.8, 4) is 22.4 Å². The van der Waals surface area contributed by atoms with E-state index in [0.717, 1.165) is 67.4 Å². The number of halogens is 1. The molecule has 1 aliphatic carbocycles. The van der Waals surface area contributed by atoms with E-state index in [0.29, 0.717) is 16.8 Å². The quantitative estimate of drug-likeness (QED) is 0.545. The Morgan fingerprint density at radius 2 is 1.80 bits per heavy atom. The van der Waals surface area contributed by atoms with E-state index in [4.69, 9.17) is 5.73 Å². The molecule has 3 aromatic rings. The summed E-state index contributed by atoms with van der Waals surface area (Å²) in [5.74, 6) is 0.512. The highest BCUT2D eigenvalue weighted by molar-refractivity contribution is 5.79. The highest BCUT2D eigenvalue weighted by Gasteiger charge is 2.26. The lowest BCUT2D eigenvalue weighted by atomic mass is 9.97. The van der Waals surface area contributed by atoms with Crippen LogP contribution in [-0.2, 0) is 6.42 Å². The predicted molar refractivity (Wildman–Crippen MR) is 139 cm³/mol. The summed E-state index contributed by atoms with van der Waals surface area (Å²) in [4.78, 5) is 13.6. The number of nitrogens with two attached hydrogens (primary N) is 1. The number of rotatable bonds is 5. The zero-order chi connectivity index (χ0) is 23.9. The number of aromatic nitrogens is 2. The first-order chi connectivity index (χ1) is 17.0. The van der Waals surface area contributed by atoms with Crippen LogP contribution in [0.15, 0.2) is 49.2 Å². The zero-order valence-corrected chi connectivity index (χ0v) is 19.9. The number of pyridine rings is 2. The summed E-state index contributed by atoms with van der Waals surface area (Å²) in [6.07, 6.45) is 5.48. The average Bonchev–Trinajstić information content (AvgIpc) is 3.69. The summed E-state index contributed by atoms with van der Waals surface area (Å²) in [5, 5.41) is 3.26. The number of fused-ring (bicyclic) bond motifs is 1. The van der Waals surface area contributed by atoms with Crippen molar-refractivity contribution in [2.24, 2.45) is 5.92 Å². The number of hydrogen-bond acceptors (Lipinski definition) is 6. The molecule has 2 aliphatic heterocycles. The van der Waals surface area contributed by atoms with Gasteiger partial charge in [0.05, 0.1) is 5.69 Å². The Morgan fingerprint density at radius 3 is 2.54 bits per heavy atom. The number of nitrogen functional groups attached to an aromatic ring is 1. The molecule has 2 aromatic heterocycles. The zero-order valence-electron chi connectivity index (χ0n) is 19.9. The maximum atomic E-state index is 14.9. The highest BCUT2D eigenvalue weighted by atomic mass is 19.1. The Bertz CT molecular complexity index is 1260. The van der Waals surface area contributed by atoms with Crippen molar-refractivity contribution in [3.05, 3.63) is 66.2 Å². The first-order valence-corrected chi connectivity index (χ1v) is 12.5. The fourth-order valence-corrected chi connectivity index (χ4v) is 5.18. The van der Waals surface area contributed by atoms with Crippen LogP contribution in [0.4, 0.5) is 15.9 Å².